The van der Waals surface area contributed by atoms with Crippen LogP contribution < -0.4 is 0 Å². The molecule has 1 aromatic rings. The van der Waals surface area contributed by atoms with Gasteiger partial charge < -0.3 is 4.52 Å². The van der Waals surface area contributed by atoms with E-state index in [1.54, 1.807) is 6.20 Å². The zero-order chi connectivity index (χ0) is 10.1. The summed E-state index contributed by atoms with van der Waals surface area (Å²) in [6, 6.07) is 2.68. The molecular weight excluding hydrogens is 188 g/mol. The van der Waals surface area contributed by atoms with Gasteiger partial charge >= 0.3 is 0 Å². The lowest BCUT2D eigenvalue weighted by atomic mass is 9.97. The van der Waals surface area contributed by atoms with E-state index in [4.69, 9.17) is 4.52 Å². The minimum Gasteiger partial charge on any atom is -0.357 e. The van der Waals surface area contributed by atoms with Crippen molar-refractivity contribution in [3.05, 3.63) is 24.1 Å². The van der Waals surface area contributed by atoms with Gasteiger partial charge in [-0.3, -0.25) is 4.90 Å². The second-order valence-electron chi connectivity index (χ2n) is 4.49. The fourth-order valence-corrected chi connectivity index (χ4v) is 2.91. The summed E-state index contributed by atoms with van der Waals surface area (Å²) < 4.78 is 5.02. The molecule has 2 saturated heterocycles. The topological polar surface area (TPSA) is 29.3 Å². The van der Waals surface area contributed by atoms with Gasteiger partial charge in [0.2, 0.25) is 0 Å². The molecule has 3 nitrogen and oxygen atoms in total. The molecule has 15 heavy (non-hydrogen) atoms. The van der Waals surface area contributed by atoms with E-state index in [0.29, 0.717) is 0 Å². The monoisotopic (exact) mass is 204 g/mol. The van der Waals surface area contributed by atoms with E-state index in [1.807, 2.05) is 12.1 Å². The molecule has 2 fully saturated rings. The summed E-state index contributed by atoms with van der Waals surface area (Å²) in [5.74, 6) is 1.81. The van der Waals surface area contributed by atoms with Crippen molar-refractivity contribution < 1.29 is 4.52 Å². The maximum Gasteiger partial charge on any atom is 0.159 e. The third kappa shape index (κ3) is 1.72. The molecule has 3 heteroatoms. The highest BCUT2D eigenvalue weighted by atomic mass is 16.5. The number of hydrogen-bond donors (Lipinski definition) is 0. The van der Waals surface area contributed by atoms with E-state index in [2.05, 4.69) is 16.1 Å². The quantitative estimate of drug-likeness (QED) is 0.755. The highest BCUT2D eigenvalue weighted by molar-refractivity contribution is 5.41. The predicted octanol–water partition coefficient (Wildman–Crippen LogP) is 2.17. The van der Waals surface area contributed by atoms with Crippen molar-refractivity contribution in [3.8, 4) is 0 Å². The Morgan fingerprint density at radius 3 is 2.93 bits per heavy atom. The SMILES string of the molecule is C(=C\c1ccno1)/CC1C2CCN1CC2. The number of rotatable bonds is 3. The van der Waals surface area contributed by atoms with Crippen molar-refractivity contribution in [2.45, 2.75) is 25.3 Å². The van der Waals surface area contributed by atoms with Crippen molar-refractivity contribution in [2.75, 3.05) is 13.1 Å². The van der Waals surface area contributed by atoms with Gasteiger partial charge in [-0.2, -0.15) is 0 Å². The summed E-state index contributed by atoms with van der Waals surface area (Å²) in [5.41, 5.74) is 0. The maximum absolute atomic E-state index is 5.02. The first-order valence-corrected chi connectivity index (χ1v) is 5.75. The van der Waals surface area contributed by atoms with Crippen LogP contribution in [-0.2, 0) is 0 Å². The van der Waals surface area contributed by atoms with Crippen LogP contribution in [0, 0.1) is 5.92 Å². The Morgan fingerprint density at radius 1 is 1.47 bits per heavy atom. The van der Waals surface area contributed by atoms with E-state index < -0.39 is 0 Å². The lowest BCUT2D eigenvalue weighted by Crippen LogP contribution is -2.24. The van der Waals surface area contributed by atoms with Gasteiger partial charge in [0, 0.05) is 12.1 Å². The number of hydrogen-bond acceptors (Lipinski definition) is 3. The minimum atomic E-state index is 0.796. The van der Waals surface area contributed by atoms with Crippen LogP contribution in [0.4, 0.5) is 0 Å². The highest BCUT2D eigenvalue weighted by Gasteiger charge is 2.38. The van der Waals surface area contributed by atoms with Gasteiger partial charge in [-0.15, -0.1) is 0 Å². The molecule has 3 heterocycles. The smallest absolute Gasteiger partial charge is 0.159 e. The molecule has 1 atom stereocenters. The molecule has 0 aliphatic carbocycles. The molecule has 2 aliphatic rings. The van der Waals surface area contributed by atoms with Gasteiger partial charge in [0.25, 0.3) is 0 Å². The maximum atomic E-state index is 5.02. The molecule has 0 spiro atoms. The van der Waals surface area contributed by atoms with Crippen LogP contribution in [-0.4, -0.2) is 29.2 Å². The van der Waals surface area contributed by atoms with Crippen LogP contribution in [0.2, 0.25) is 0 Å². The van der Waals surface area contributed by atoms with Gasteiger partial charge in [0.1, 0.15) is 0 Å². The molecule has 0 saturated carbocycles. The predicted molar refractivity (Wildman–Crippen MR) is 58.2 cm³/mol. The number of nitrogens with zero attached hydrogens (tertiary/aromatic N) is 2. The average molecular weight is 204 g/mol. The van der Waals surface area contributed by atoms with Crippen molar-refractivity contribution in [3.63, 3.8) is 0 Å². The largest absolute Gasteiger partial charge is 0.357 e. The van der Waals surface area contributed by atoms with E-state index in [0.717, 1.165) is 24.1 Å². The molecule has 0 radical (unpaired) electrons. The zero-order valence-electron chi connectivity index (χ0n) is 8.80. The van der Waals surface area contributed by atoms with Crippen molar-refractivity contribution >= 4 is 6.08 Å². The number of fused-ring (bicyclic) bond motifs is 2. The lowest BCUT2D eigenvalue weighted by molar-refractivity contribution is 0.301. The lowest BCUT2D eigenvalue weighted by Gasteiger charge is -2.16. The van der Waals surface area contributed by atoms with E-state index in [9.17, 15) is 0 Å². The summed E-state index contributed by atoms with van der Waals surface area (Å²) in [5, 5.41) is 3.68. The Morgan fingerprint density at radius 2 is 2.33 bits per heavy atom. The molecular formula is C12H16N2O. The summed E-state index contributed by atoms with van der Waals surface area (Å²) in [6.45, 7) is 2.62. The first-order valence-electron chi connectivity index (χ1n) is 5.75. The first kappa shape index (κ1) is 9.16. The summed E-state index contributed by atoms with van der Waals surface area (Å²) in [7, 11) is 0. The highest BCUT2D eigenvalue weighted by Crippen LogP contribution is 2.36. The molecule has 1 aromatic heterocycles. The Hall–Kier alpha value is -1.09. The minimum absolute atomic E-state index is 0.796. The van der Waals surface area contributed by atoms with Crippen LogP contribution in [0.1, 0.15) is 25.0 Å². The zero-order valence-corrected chi connectivity index (χ0v) is 8.80. The normalized spacial score (nSPS) is 34.3. The van der Waals surface area contributed by atoms with Gasteiger partial charge in [-0.05, 0) is 44.3 Å². The molecule has 2 aliphatic heterocycles. The molecule has 1 unspecified atom stereocenters. The van der Waals surface area contributed by atoms with Gasteiger partial charge in [-0.25, -0.2) is 0 Å². The van der Waals surface area contributed by atoms with E-state index in [1.165, 1.54) is 25.9 Å². The van der Waals surface area contributed by atoms with Crippen LogP contribution in [0.15, 0.2) is 22.9 Å². The van der Waals surface area contributed by atoms with Gasteiger partial charge in [0.15, 0.2) is 5.76 Å². The van der Waals surface area contributed by atoms with E-state index in [-0.39, 0.29) is 0 Å². The molecule has 0 aromatic carbocycles. The fraction of sp³-hybridized carbons (Fsp3) is 0.583. The fourth-order valence-electron chi connectivity index (χ4n) is 2.91. The number of aromatic nitrogens is 1. The third-order valence-corrected chi connectivity index (χ3v) is 3.70. The summed E-state index contributed by atoms with van der Waals surface area (Å²) >= 11 is 0. The van der Waals surface area contributed by atoms with Crippen molar-refractivity contribution in [1.29, 1.82) is 0 Å². The molecule has 80 valence electrons. The van der Waals surface area contributed by atoms with Crippen LogP contribution in [0.5, 0.6) is 0 Å². The number of piperidine rings is 1. The van der Waals surface area contributed by atoms with E-state index >= 15 is 0 Å². The van der Waals surface area contributed by atoms with Gasteiger partial charge in [-0.1, -0.05) is 11.2 Å². The summed E-state index contributed by atoms with van der Waals surface area (Å²) in [6.07, 6.45) is 9.91. The Labute approximate surface area is 89.7 Å². The molecule has 0 N–H and O–H groups in total. The van der Waals surface area contributed by atoms with Crippen LogP contribution >= 0.6 is 0 Å². The van der Waals surface area contributed by atoms with Crippen LogP contribution in [0.3, 0.4) is 0 Å². The van der Waals surface area contributed by atoms with Crippen molar-refractivity contribution in [2.24, 2.45) is 5.92 Å². The average Bonchev–Trinajstić information content (AvgIpc) is 2.96. The molecule has 3 rings (SSSR count). The molecule has 2 bridgehead atoms. The van der Waals surface area contributed by atoms with Crippen molar-refractivity contribution in [1.82, 2.24) is 10.1 Å². The second kappa shape index (κ2) is 3.81. The molecule has 0 amide bonds. The Balaban J connectivity index is 1.58. The standard InChI is InChI=1S/C12H16N2O/c1(2-11-4-7-13-15-11)3-12-10-5-8-14(12)9-6-10/h1-2,4,7,10,12H,3,5-6,8-9H2/b2-1+. The van der Waals surface area contributed by atoms with Gasteiger partial charge in [0.05, 0.1) is 6.20 Å². The summed E-state index contributed by atoms with van der Waals surface area (Å²) in [4.78, 5) is 2.62. The Bertz CT molecular complexity index is 325. The second-order valence-corrected chi connectivity index (χ2v) is 4.49. The third-order valence-electron chi connectivity index (χ3n) is 3.70. The van der Waals surface area contributed by atoms with Crippen LogP contribution in [0.25, 0.3) is 6.08 Å². The Kier molecular flexibility index (Phi) is 2.33. The first-order chi connectivity index (χ1) is 7.43.